The Kier molecular flexibility index (Phi) is 5.05. The Bertz CT molecular complexity index is 1260. The smallest absolute Gasteiger partial charge is 0.307 e. The van der Waals surface area contributed by atoms with Gasteiger partial charge in [0.15, 0.2) is 5.82 Å². The Labute approximate surface area is 203 Å². The number of aryl methyl sites for hydroxylation is 1. The largest absolute Gasteiger partial charge is 0.309 e. The molecule has 0 radical (unpaired) electrons. The standard InChI is InChI=1S/C26H30N6O3/c1-18-2-4-19(5-3-18)15-30-7-6-23(29-30)28-24(33)13-25-9-20-8-21(10-25)12-26(11-20,17-25)31-16-22(14-27-31)32(34)35/h2-7,14,16,20-21H,8-13,15,17H2,1H3,(H,28,29,33). The summed E-state index contributed by atoms with van der Waals surface area (Å²) in [6.07, 6.45) is 11.4. The third-order valence-corrected chi connectivity index (χ3v) is 8.33. The van der Waals surface area contributed by atoms with Gasteiger partial charge in [-0.3, -0.25) is 24.3 Å². The lowest BCUT2D eigenvalue weighted by Crippen LogP contribution is -2.57. The summed E-state index contributed by atoms with van der Waals surface area (Å²) >= 11 is 0. The number of hydrogen-bond acceptors (Lipinski definition) is 5. The highest BCUT2D eigenvalue weighted by Gasteiger charge is 2.59. The Morgan fingerprint density at radius 3 is 2.60 bits per heavy atom. The molecule has 0 aliphatic heterocycles. The van der Waals surface area contributed by atoms with Crippen LogP contribution in [0, 0.1) is 34.3 Å². The highest BCUT2D eigenvalue weighted by atomic mass is 16.6. The summed E-state index contributed by atoms with van der Waals surface area (Å²) < 4.78 is 3.69. The molecule has 4 aliphatic carbocycles. The van der Waals surface area contributed by atoms with Gasteiger partial charge in [-0.15, -0.1) is 0 Å². The van der Waals surface area contributed by atoms with Crippen LogP contribution in [-0.2, 0) is 16.9 Å². The second-order valence-electron chi connectivity index (χ2n) is 11.2. The third-order valence-electron chi connectivity index (χ3n) is 8.33. The van der Waals surface area contributed by atoms with Gasteiger partial charge in [0.1, 0.15) is 12.4 Å². The first-order valence-electron chi connectivity index (χ1n) is 12.4. The lowest BCUT2D eigenvalue weighted by molar-refractivity contribution is -0.385. The zero-order chi connectivity index (χ0) is 24.2. The van der Waals surface area contributed by atoms with Crippen LogP contribution < -0.4 is 5.32 Å². The van der Waals surface area contributed by atoms with Gasteiger partial charge >= 0.3 is 5.69 Å². The van der Waals surface area contributed by atoms with Gasteiger partial charge in [0, 0.05) is 18.7 Å². The molecule has 1 aromatic carbocycles. The van der Waals surface area contributed by atoms with Gasteiger partial charge in [0.05, 0.1) is 17.0 Å². The molecule has 4 aliphatic rings. The first-order chi connectivity index (χ1) is 16.8. The molecule has 3 aromatic rings. The molecule has 182 valence electrons. The van der Waals surface area contributed by atoms with E-state index < -0.39 is 0 Å². The number of hydrogen-bond donors (Lipinski definition) is 1. The van der Waals surface area contributed by atoms with E-state index in [-0.39, 0.29) is 27.5 Å². The van der Waals surface area contributed by atoms with Crippen molar-refractivity contribution in [2.75, 3.05) is 5.32 Å². The van der Waals surface area contributed by atoms with Crippen molar-refractivity contribution in [1.82, 2.24) is 19.6 Å². The van der Waals surface area contributed by atoms with E-state index in [2.05, 4.69) is 46.7 Å². The van der Waals surface area contributed by atoms with E-state index in [1.54, 1.807) is 6.20 Å². The van der Waals surface area contributed by atoms with E-state index >= 15 is 0 Å². The summed E-state index contributed by atoms with van der Waals surface area (Å²) in [5.41, 5.74) is 2.12. The molecule has 4 saturated carbocycles. The summed E-state index contributed by atoms with van der Waals surface area (Å²) in [5.74, 6) is 1.65. The summed E-state index contributed by atoms with van der Waals surface area (Å²) in [6, 6.07) is 10.2. The van der Waals surface area contributed by atoms with Crippen LogP contribution in [0.25, 0.3) is 0 Å². The fraction of sp³-hybridized carbons (Fsp3) is 0.500. The van der Waals surface area contributed by atoms with Crippen molar-refractivity contribution in [1.29, 1.82) is 0 Å². The van der Waals surface area contributed by atoms with Crippen LogP contribution in [0.3, 0.4) is 0 Å². The quantitative estimate of drug-likeness (QED) is 0.395. The van der Waals surface area contributed by atoms with E-state index in [4.69, 9.17) is 0 Å². The van der Waals surface area contributed by atoms with Crippen LogP contribution in [-0.4, -0.2) is 30.4 Å². The van der Waals surface area contributed by atoms with Crippen molar-refractivity contribution in [2.24, 2.45) is 17.3 Å². The highest BCUT2D eigenvalue weighted by Crippen LogP contribution is 2.65. The second kappa shape index (κ2) is 8.03. The van der Waals surface area contributed by atoms with Gasteiger partial charge in [-0.05, 0) is 68.3 Å². The number of nitrogens with one attached hydrogen (secondary N) is 1. The van der Waals surface area contributed by atoms with E-state index in [0.717, 1.165) is 37.7 Å². The predicted octanol–water partition coefficient (Wildman–Crippen LogP) is 4.67. The van der Waals surface area contributed by atoms with Gasteiger partial charge in [-0.2, -0.15) is 10.2 Å². The third kappa shape index (κ3) is 4.13. The minimum atomic E-state index is -0.384. The van der Waals surface area contributed by atoms with E-state index in [9.17, 15) is 14.9 Å². The molecule has 0 saturated heterocycles. The molecular formula is C26H30N6O3. The van der Waals surface area contributed by atoms with Crippen molar-refractivity contribution in [3.05, 3.63) is 70.2 Å². The number of nitrogens with zero attached hydrogens (tertiary/aromatic N) is 5. The van der Waals surface area contributed by atoms with E-state index in [0.29, 0.717) is 30.6 Å². The minimum Gasteiger partial charge on any atom is -0.309 e. The summed E-state index contributed by atoms with van der Waals surface area (Å²) in [4.78, 5) is 24.0. The maximum atomic E-state index is 13.2. The van der Waals surface area contributed by atoms with Gasteiger partial charge < -0.3 is 5.32 Å². The average Bonchev–Trinajstić information content (AvgIpc) is 3.44. The first kappa shape index (κ1) is 22.0. The molecule has 1 N–H and O–H groups in total. The van der Waals surface area contributed by atoms with Crippen LogP contribution in [0.2, 0.25) is 0 Å². The normalized spacial score (nSPS) is 28.8. The molecule has 1 amide bonds. The Morgan fingerprint density at radius 1 is 1.17 bits per heavy atom. The maximum absolute atomic E-state index is 13.2. The Balaban J connectivity index is 1.15. The number of anilines is 1. The van der Waals surface area contributed by atoms with Crippen LogP contribution >= 0.6 is 0 Å². The van der Waals surface area contributed by atoms with E-state index in [1.165, 1.54) is 18.2 Å². The van der Waals surface area contributed by atoms with Gasteiger partial charge in [-0.1, -0.05) is 29.8 Å². The van der Waals surface area contributed by atoms with Crippen molar-refractivity contribution < 1.29 is 9.72 Å². The number of carbonyl (C=O) groups is 1. The number of amides is 1. The van der Waals surface area contributed by atoms with Crippen LogP contribution in [0.1, 0.15) is 56.1 Å². The summed E-state index contributed by atoms with van der Waals surface area (Å²) in [6.45, 7) is 2.72. The molecule has 9 heteroatoms. The van der Waals surface area contributed by atoms with Crippen molar-refractivity contribution in [3.63, 3.8) is 0 Å². The minimum absolute atomic E-state index is 0.00543. The lowest BCUT2D eigenvalue weighted by atomic mass is 9.46. The van der Waals surface area contributed by atoms with Crippen LogP contribution in [0.5, 0.6) is 0 Å². The number of rotatable bonds is 7. The predicted molar refractivity (Wildman–Crippen MR) is 130 cm³/mol. The molecule has 2 heterocycles. The van der Waals surface area contributed by atoms with Crippen molar-refractivity contribution in [2.45, 2.75) is 64.0 Å². The highest BCUT2D eigenvalue weighted by molar-refractivity contribution is 5.90. The fourth-order valence-corrected chi connectivity index (χ4v) is 7.47. The zero-order valence-corrected chi connectivity index (χ0v) is 19.9. The van der Waals surface area contributed by atoms with Gasteiger partial charge in [-0.25, -0.2) is 0 Å². The van der Waals surface area contributed by atoms with Crippen LogP contribution in [0.4, 0.5) is 11.5 Å². The maximum Gasteiger partial charge on any atom is 0.307 e. The van der Waals surface area contributed by atoms with Gasteiger partial charge in [0.25, 0.3) is 0 Å². The zero-order valence-electron chi connectivity index (χ0n) is 19.9. The van der Waals surface area contributed by atoms with Crippen molar-refractivity contribution >= 4 is 17.4 Å². The molecule has 0 spiro atoms. The molecule has 4 bridgehead atoms. The number of benzene rings is 1. The fourth-order valence-electron chi connectivity index (χ4n) is 7.47. The van der Waals surface area contributed by atoms with Crippen LogP contribution in [0.15, 0.2) is 48.9 Å². The summed E-state index contributed by atoms with van der Waals surface area (Å²) in [5, 5.41) is 23.2. The number of aromatic nitrogens is 4. The lowest BCUT2D eigenvalue weighted by Gasteiger charge is -2.61. The molecule has 2 aromatic heterocycles. The first-order valence-corrected chi connectivity index (χ1v) is 12.4. The summed E-state index contributed by atoms with van der Waals surface area (Å²) in [7, 11) is 0. The SMILES string of the molecule is Cc1ccc(Cn2ccc(NC(=O)CC34CC5CC(C3)CC(n3cc([N+](=O)[O-])cn3)(C5)C4)n2)cc1. The average molecular weight is 475 g/mol. The topological polar surface area (TPSA) is 108 Å². The molecule has 7 rings (SSSR count). The molecule has 35 heavy (non-hydrogen) atoms. The molecule has 9 nitrogen and oxygen atoms in total. The molecule has 2 atom stereocenters. The molecule has 2 unspecified atom stereocenters. The Hall–Kier alpha value is -3.49. The second-order valence-corrected chi connectivity index (χ2v) is 11.2. The monoisotopic (exact) mass is 474 g/mol. The van der Waals surface area contributed by atoms with Crippen molar-refractivity contribution in [3.8, 4) is 0 Å². The molecular weight excluding hydrogens is 444 g/mol. The van der Waals surface area contributed by atoms with E-state index in [1.807, 2.05) is 21.6 Å². The number of nitro groups is 1. The van der Waals surface area contributed by atoms with Gasteiger partial charge in [0.2, 0.25) is 5.91 Å². The number of carbonyl (C=O) groups excluding carboxylic acids is 1. The Morgan fingerprint density at radius 2 is 1.91 bits per heavy atom. The molecule has 4 fully saturated rings.